The van der Waals surface area contributed by atoms with E-state index in [0.29, 0.717) is 24.0 Å². The van der Waals surface area contributed by atoms with Crippen LogP contribution in [0.2, 0.25) is 0 Å². The molecule has 3 aliphatic rings. The van der Waals surface area contributed by atoms with E-state index in [0.717, 1.165) is 31.9 Å². The van der Waals surface area contributed by atoms with Crippen LogP contribution < -0.4 is 10.6 Å². The second-order valence-corrected chi connectivity index (χ2v) is 7.48. The monoisotopic (exact) mass is 294 g/mol. The molecule has 2 aliphatic heterocycles. The minimum absolute atomic E-state index is 0.0397. The maximum absolute atomic E-state index is 12.4. The summed E-state index contributed by atoms with van der Waals surface area (Å²) < 4.78 is 5.80. The van der Waals surface area contributed by atoms with E-state index in [1.54, 1.807) is 0 Å². The number of nitrogens with one attached hydrogen (secondary N) is 2. The summed E-state index contributed by atoms with van der Waals surface area (Å²) in [5, 5.41) is 6.74. The van der Waals surface area contributed by atoms with Gasteiger partial charge in [0, 0.05) is 25.1 Å². The molecule has 0 aromatic heterocycles. The predicted octanol–water partition coefficient (Wildman–Crippen LogP) is 2.08. The first-order valence-electron chi connectivity index (χ1n) is 8.80. The molecule has 21 heavy (non-hydrogen) atoms. The molecule has 0 aromatic carbocycles. The lowest BCUT2D eigenvalue weighted by Crippen LogP contribution is -2.45. The van der Waals surface area contributed by atoms with E-state index < -0.39 is 0 Å². The highest BCUT2D eigenvalue weighted by Gasteiger charge is 2.38. The molecular formula is C17H30N2O2. The second-order valence-electron chi connectivity index (χ2n) is 7.48. The SMILES string of the molecule is CC(C)C1OCCC1CNC(=O)C1CC2CCCCC2N1. The van der Waals surface area contributed by atoms with Crippen molar-refractivity contribution in [2.24, 2.45) is 17.8 Å². The van der Waals surface area contributed by atoms with Crippen LogP contribution in [0.5, 0.6) is 0 Å². The van der Waals surface area contributed by atoms with E-state index in [4.69, 9.17) is 4.74 Å². The molecule has 4 nitrogen and oxygen atoms in total. The molecule has 0 bridgehead atoms. The molecule has 3 rings (SSSR count). The van der Waals surface area contributed by atoms with Crippen LogP contribution in [-0.4, -0.2) is 37.2 Å². The van der Waals surface area contributed by atoms with Gasteiger partial charge in [-0.3, -0.25) is 4.79 Å². The Labute approximate surface area is 128 Å². The third kappa shape index (κ3) is 3.42. The van der Waals surface area contributed by atoms with Crippen LogP contribution in [0.1, 0.15) is 52.4 Å². The van der Waals surface area contributed by atoms with Gasteiger partial charge in [-0.15, -0.1) is 0 Å². The quantitative estimate of drug-likeness (QED) is 0.835. The molecule has 5 atom stereocenters. The summed E-state index contributed by atoms with van der Waals surface area (Å²) in [6.07, 6.45) is 7.63. The lowest BCUT2D eigenvalue weighted by molar-refractivity contribution is -0.123. The van der Waals surface area contributed by atoms with Gasteiger partial charge >= 0.3 is 0 Å². The third-order valence-electron chi connectivity index (χ3n) is 5.64. The van der Waals surface area contributed by atoms with Crippen molar-refractivity contribution >= 4 is 5.91 Å². The standard InChI is InChI=1S/C17H30N2O2/c1-11(2)16-13(7-8-21-16)10-18-17(20)15-9-12-5-3-4-6-14(12)19-15/h11-16,19H,3-10H2,1-2H3,(H,18,20). The first-order valence-corrected chi connectivity index (χ1v) is 8.80. The Bertz CT molecular complexity index is 358. The number of carbonyl (C=O) groups excluding carboxylic acids is 1. The molecule has 1 saturated carbocycles. The van der Waals surface area contributed by atoms with Crippen molar-refractivity contribution in [2.45, 2.75) is 70.6 Å². The minimum atomic E-state index is 0.0397. The van der Waals surface area contributed by atoms with Crippen molar-refractivity contribution in [1.29, 1.82) is 0 Å². The third-order valence-corrected chi connectivity index (χ3v) is 5.64. The summed E-state index contributed by atoms with van der Waals surface area (Å²) in [6, 6.07) is 0.630. The summed E-state index contributed by atoms with van der Waals surface area (Å²) in [5.74, 6) is 1.95. The summed E-state index contributed by atoms with van der Waals surface area (Å²) in [7, 11) is 0. The van der Waals surface area contributed by atoms with E-state index in [-0.39, 0.29) is 11.9 Å². The van der Waals surface area contributed by atoms with Gasteiger partial charge in [-0.05, 0) is 37.5 Å². The largest absolute Gasteiger partial charge is 0.378 e. The number of ether oxygens (including phenoxy) is 1. The zero-order valence-electron chi connectivity index (χ0n) is 13.4. The Morgan fingerprint density at radius 3 is 2.86 bits per heavy atom. The predicted molar refractivity (Wildman–Crippen MR) is 83.0 cm³/mol. The average molecular weight is 294 g/mol. The molecular weight excluding hydrogens is 264 g/mol. The van der Waals surface area contributed by atoms with E-state index in [9.17, 15) is 4.79 Å². The molecule has 120 valence electrons. The molecule has 4 heteroatoms. The van der Waals surface area contributed by atoms with Crippen molar-refractivity contribution in [3.05, 3.63) is 0 Å². The number of rotatable bonds is 4. The molecule has 1 amide bonds. The zero-order chi connectivity index (χ0) is 14.8. The van der Waals surface area contributed by atoms with Crippen molar-refractivity contribution in [3.8, 4) is 0 Å². The van der Waals surface area contributed by atoms with Crippen molar-refractivity contribution in [1.82, 2.24) is 10.6 Å². The first kappa shape index (κ1) is 15.3. The van der Waals surface area contributed by atoms with Crippen LogP contribution in [0.15, 0.2) is 0 Å². The minimum Gasteiger partial charge on any atom is -0.378 e. The first-order chi connectivity index (χ1) is 10.1. The van der Waals surface area contributed by atoms with Crippen LogP contribution >= 0.6 is 0 Å². The van der Waals surface area contributed by atoms with Crippen molar-refractivity contribution < 1.29 is 9.53 Å². The van der Waals surface area contributed by atoms with Crippen LogP contribution in [0.25, 0.3) is 0 Å². The second kappa shape index (κ2) is 6.66. The maximum atomic E-state index is 12.4. The van der Waals surface area contributed by atoms with Gasteiger partial charge in [0.25, 0.3) is 0 Å². The Kier molecular flexibility index (Phi) is 4.85. The number of carbonyl (C=O) groups is 1. The molecule has 2 heterocycles. The summed E-state index contributed by atoms with van der Waals surface area (Å²) in [5.41, 5.74) is 0. The number of hydrogen-bond donors (Lipinski definition) is 2. The molecule has 5 unspecified atom stereocenters. The maximum Gasteiger partial charge on any atom is 0.237 e. The Balaban J connectivity index is 1.46. The van der Waals surface area contributed by atoms with Gasteiger partial charge in [-0.1, -0.05) is 26.7 Å². The van der Waals surface area contributed by atoms with E-state index in [2.05, 4.69) is 24.5 Å². The number of fused-ring (bicyclic) bond motifs is 1. The summed E-state index contributed by atoms with van der Waals surface area (Å²) >= 11 is 0. The molecule has 0 radical (unpaired) electrons. The molecule has 0 spiro atoms. The van der Waals surface area contributed by atoms with Crippen molar-refractivity contribution in [2.75, 3.05) is 13.2 Å². The summed E-state index contributed by atoms with van der Waals surface area (Å²) in [4.78, 5) is 12.4. The van der Waals surface area contributed by atoms with E-state index in [1.807, 2.05) is 0 Å². The highest BCUT2D eigenvalue weighted by molar-refractivity contribution is 5.82. The average Bonchev–Trinajstić information content (AvgIpc) is 3.10. The Morgan fingerprint density at radius 2 is 2.10 bits per heavy atom. The lowest BCUT2D eigenvalue weighted by Gasteiger charge is -2.24. The van der Waals surface area contributed by atoms with Gasteiger partial charge in [0.05, 0.1) is 12.1 Å². The lowest BCUT2D eigenvalue weighted by atomic mass is 9.85. The van der Waals surface area contributed by atoms with Crippen LogP contribution in [-0.2, 0) is 9.53 Å². The van der Waals surface area contributed by atoms with Gasteiger partial charge in [-0.2, -0.15) is 0 Å². The smallest absolute Gasteiger partial charge is 0.237 e. The fraction of sp³-hybridized carbons (Fsp3) is 0.941. The molecule has 2 N–H and O–H groups in total. The topological polar surface area (TPSA) is 50.4 Å². The van der Waals surface area contributed by atoms with E-state index in [1.165, 1.54) is 25.7 Å². The van der Waals surface area contributed by atoms with Crippen LogP contribution in [0.4, 0.5) is 0 Å². The van der Waals surface area contributed by atoms with Gasteiger partial charge < -0.3 is 15.4 Å². The van der Waals surface area contributed by atoms with Crippen LogP contribution in [0.3, 0.4) is 0 Å². The Morgan fingerprint density at radius 1 is 1.29 bits per heavy atom. The molecule has 2 saturated heterocycles. The van der Waals surface area contributed by atoms with Gasteiger partial charge in [-0.25, -0.2) is 0 Å². The van der Waals surface area contributed by atoms with Gasteiger partial charge in [0.1, 0.15) is 0 Å². The van der Waals surface area contributed by atoms with Crippen LogP contribution in [0, 0.1) is 17.8 Å². The van der Waals surface area contributed by atoms with E-state index >= 15 is 0 Å². The summed E-state index contributed by atoms with van der Waals surface area (Å²) in [6.45, 7) is 6.02. The number of amides is 1. The molecule has 3 fully saturated rings. The molecule has 0 aromatic rings. The fourth-order valence-electron chi connectivity index (χ4n) is 4.49. The normalized spacial score (nSPS) is 39.5. The zero-order valence-corrected chi connectivity index (χ0v) is 13.4. The highest BCUT2D eigenvalue weighted by atomic mass is 16.5. The molecule has 1 aliphatic carbocycles. The van der Waals surface area contributed by atoms with Gasteiger partial charge in [0.15, 0.2) is 0 Å². The highest BCUT2D eigenvalue weighted by Crippen LogP contribution is 2.33. The van der Waals surface area contributed by atoms with Gasteiger partial charge in [0.2, 0.25) is 5.91 Å². The number of hydrogen-bond acceptors (Lipinski definition) is 3. The van der Waals surface area contributed by atoms with Crippen molar-refractivity contribution in [3.63, 3.8) is 0 Å². The fourth-order valence-corrected chi connectivity index (χ4v) is 4.49. The Hall–Kier alpha value is -0.610.